The van der Waals surface area contributed by atoms with Crippen LogP contribution in [0.4, 0.5) is 24.9 Å². The van der Waals surface area contributed by atoms with Crippen molar-refractivity contribution in [2.75, 3.05) is 64.5 Å². The molecule has 15 heteroatoms. The zero-order valence-corrected chi connectivity index (χ0v) is 31.2. The van der Waals surface area contributed by atoms with Crippen molar-refractivity contribution in [2.45, 2.75) is 44.8 Å². The van der Waals surface area contributed by atoms with Crippen LogP contribution in [0.1, 0.15) is 40.8 Å². The first kappa shape index (κ1) is 37.6. The van der Waals surface area contributed by atoms with Crippen LogP contribution in [0, 0.1) is 0 Å². The van der Waals surface area contributed by atoms with Crippen molar-refractivity contribution in [3.8, 4) is 23.0 Å². The van der Waals surface area contributed by atoms with E-state index in [1.807, 2.05) is 53.1 Å². The Hall–Kier alpha value is -5.70. The number of methoxy groups -OCH3 is 4. The van der Waals surface area contributed by atoms with E-state index in [-0.39, 0.29) is 25.6 Å². The van der Waals surface area contributed by atoms with Gasteiger partial charge in [-0.15, -0.1) is 0 Å². The summed E-state index contributed by atoms with van der Waals surface area (Å²) in [5.41, 5.74) is 4.00. The number of amides is 1. The summed E-state index contributed by atoms with van der Waals surface area (Å²) in [6, 6.07) is 14.9. The molecule has 0 unspecified atom stereocenters. The maximum absolute atomic E-state index is 14.0. The van der Waals surface area contributed by atoms with Gasteiger partial charge in [0.05, 0.1) is 78.7 Å². The van der Waals surface area contributed by atoms with E-state index in [4.69, 9.17) is 33.1 Å². The number of halogens is 3. The van der Waals surface area contributed by atoms with Gasteiger partial charge in [-0.25, -0.2) is 0 Å². The maximum atomic E-state index is 14.0. The van der Waals surface area contributed by atoms with Crippen molar-refractivity contribution in [2.24, 2.45) is 0 Å². The second kappa shape index (κ2) is 15.6. The molecule has 2 aliphatic rings. The second-order valence-electron chi connectivity index (χ2n) is 13.4. The number of morpholine rings is 1. The highest BCUT2D eigenvalue weighted by molar-refractivity contribution is 5.88. The average Bonchev–Trinajstić information content (AvgIpc) is 3.65. The molecule has 2 aromatic heterocycles. The van der Waals surface area contributed by atoms with Crippen LogP contribution in [0.2, 0.25) is 0 Å². The number of carbonyl (C=O) groups excluding carboxylic acids is 1. The third-order valence-electron chi connectivity index (χ3n) is 10.2. The summed E-state index contributed by atoms with van der Waals surface area (Å²) in [7, 11) is 6.40. The van der Waals surface area contributed by atoms with Crippen LogP contribution >= 0.6 is 0 Å². The van der Waals surface area contributed by atoms with Gasteiger partial charge in [-0.2, -0.15) is 18.2 Å². The number of anilines is 2. The molecule has 0 N–H and O–H groups in total. The quantitative estimate of drug-likeness (QED) is 0.141. The maximum Gasteiger partial charge on any atom is 0.416 e. The lowest BCUT2D eigenvalue weighted by Gasteiger charge is -2.40. The highest BCUT2D eigenvalue weighted by atomic mass is 19.4. The van der Waals surface area contributed by atoms with Crippen LogP contribution in [-0.4, -0.2) is 81.6 Å². The third-order valence-corrected chi connectivity index (χ3v) is 10.2. The summed E-state index contributed by atoms with van der Waals surface area (Å²) in [5, 5.41) is 0. The molecule has 3 aromatic carbocycles. The first-order chi connectivity index (χ1) is 26.5. The Morgan fingerprint density at radius 3 is 2.18 bits per heavy atom. The van der Waals surface area contributed by atoms with Gasteiger partial charge in [-0.1, -0.05) is 6.07 Å². The lowest BCUT2D eigenvalue weighted by Crippen LogP contribution is -2.52. The molecule has 1 saturated heterocycles. The Morgan fingerprint density at radius 2 is 1.56 bits per heavy atom. The van der Waals surface area contributed by atoms with Crippen LogP contribution in [0.15, 0.2) is 71.4 Å². The lowest BCUT2D eigenvalue weighted by molar-refractivity contribution is -0.147. The van der Waals surface area contributed by atoms with Gasteiger partial charge in [0.15, 0.2) is 11.7 Å². The molecule has 0 saturated carbocycles. The van der Waals surface area contributed by atoms with Crippen molar-refractivity contribution in [3.05, 3.63) is 94.8 Å². The molecule has 12 nitrogen and oxygen atoms in total. The molecule has 7 rings (SSSR count). The first-order valence-corrected chi connectivity index (χ1v) is 17.8. The minimum Gasteiger partial charge on any atom is -0.497 e. The summed E-state index contributed by atoms with van der Waals surface area (Å²) in [5.74, 6) is 2.34. The molecule has 4 heterocycles. The van der Waals surface area contributed by atoms with Crippen LogP contribution in [0.5, 0.6) is 23.0 Å². The molecule has 0 spiro atoms. The molecule has 0 aliphatic carbocycles. The number of aromatic nitrogens is 2. The highest BCUT2D eigenvalue weighted by Gasteiger charge is 2.38. The molecule has 1 amide bonds. The van der Waals surface area contributed by atoms with E-state index >= 15 is 0 Å². The number of carbonyl (C=O) groups is 1. The number of alkyl halides is 3. The summed E-state index contributed by atoms with van der Waals surface area (Å²) in [6.45, 7) is 3.76. The third kappa shape index (κ3) is 7.66. The molecule has 0 bridgehead atoms. The molecule has 290 valence electrons. The van der Waals surface area contributed by atoms with Gasteiger partial charge < -0.3 is 42.8 Å². The SMILES string of the molecule is COc1ccc(CN(Cc2ccc(OC)cc2OC)c2nc3cncc(N4CCO[C@@H](C(=O)N5CCc6cc(C(F)(F)F)ccc6[C@@H]5C)C4)c3o2)c(OC)c1. The van der Waals surface area contributed by atoms with Crippen LogP contribution in [-0.2, 0) is 35.2 Å². The fourth-order valence-corrected chi connectivity index (χ4v) is 7.27. The van der Waals surface area contributed by atoms with Crippen molar-refractivity contribution < 1.29 is 46.1 Å². The number of hydrogen-bond donors (Lipinski definition) is 0. The second-order valence-corrected chi connectivity index (χ2v) is 13.4. The fourth-order valence-electron chi connectivity index (χ4n) is 7.27. The molecule has 1 fully saturated rings. The molecule has 5 aromatic rings. The molecule has 2 aliphatic heterocycles. The normalized spacial score (nSPS) is 17.2. The molecule has 55 heavy (non-hydrogen) atoms. The first-order valence-electron chi connectivity index (χ1n) is 17.8. The van der Waals surface area contributed by atoms with Gasteiger partial charge in [0.1, 0.15) is 34.2 Å². The minimum absolute atomic E-state index is 0.217. The smallest absolute Gasteiger partial charge is 0.416 e. The Labute approximate surface area is 316 Å². The Balaban J connectivity index is 1.16. The largest absolute Gasteiger partial charge is 0.497 e. The molecular formula is C40H42F3N5O7. The number of fused-ring (bicyclic) bond motifs is 2. The van der Waals surface area contributed by atoms with Crippen molar-refractivity contribution in [1.82, 2.24) is 14.9 Å². The van der Waals surface area contributed by atoms with Gasteiger partial charge in [-0.3, -0.25) is 9.78 Å². The highest BCUT2D eigenvalue weighted by Crippen LogP contribution is 2.38. The van der Waals surface area contributed by atoms with Gasteiger partial charge in [-0.05, 0) is 60.9 Å². The van der Waals surface area contributed by atoms with Crippen molar-refractivity contribution >= 4 is 28.7 Å². The predicted octanol–water partition coefficient (Wildman–Crippen LogP) is 6.83. The molecule has 2 atom stereocenters. The molecule has 0 radical (unpaired) electrons. The average molecular weight is 762 g/mol. The van der Waals surface area contributed by atoms with E-state index < -0.39 is 23.9 Å². The van der Waals surface area contributed by atoms with Gasteiger partial charge >= 0.3 is 6.18 Å². The summed E-state index contributed by atoms with van der Waals surface area (Å²) < 4.78 is 75.0. The standard InChI is InChI=1S/C40H42F3N5O7/c1-24-31-11-8-28(40(41,42)43)16-25(31)12-13-48(24)38(49)36-23-46(14-15-54-36)33-20-44-19-32-37(33)55-39(45-32)47(21-26-6-9-29(50-2)17-34(26)52-4)22-27-7-10-30(51-3)18-35(27)53-5/h6-11,16-20,24,36H,12-15,21-23H2,1-5H3/t24-,36+/m0/s1. The Morgan fingerprint density at radius 1 is 0.891 bits per heavy atom. The van der Waals surface area contributed by atoms with E-state index in [2.05, 4.69) is 4.98 Å². The zero-order chi connectivity index (χ0) is 38.9. The Bertz CT molecular complexity index is 2120. The monoisotopic (exact) mass is 761 g/mol. The van der Waals surface area contributed by atoms with Crippen molar-refractivity contribution in [1.29, 1.82) is 0 Å². The number of oxazole rings is 1. The van der Waals surface area contributed by atoms with Crippen LogP contribution in [0.25, 0.3) is 11.1 Å². The number of nitrogens with zero attached hydrogens (tertiary/aromatic N) is 5. The van der Waals surface area contributed by atoms with E-state index in [9.17, 15) is 18.0 Å². The number of hydrogen-bond acceptors (Lipinski definition) is 11. The lowest BCUT2D eigenvalue weighted by atomic mass is 9.91. The minimum atomic E-state index is -4.43. The zero-order valence-electron chi connectivity index (χ0n) is 31.2. The molecular weight excluding hydrogens is 719 g/mol. The van der Waals surface area contributed by atoms with E-state index in [1.54, 1.807) is 45.7 Å². The van der Waals surface area contributed by atoms with Gasteiger partial charge in [0, 0.05) is 36.3 Å². The summed E-state index contributed by atoms with van der Waals surface area (Å²) in [4.78, 5) is 29.0. The van der Waals surface area contributed by atoms with E-state index in [0.717, 1.165) is 17.2 Å². The van der Waals surface area contributed by atoms with E-state index in [1.165, 1.54) is 12.1 Å². The van der Waals surface area contributed by atoms with Crippen LogP contribution in [0.3, 0.4) is 0 Å². The number of ether oxygens (including phenoxy) is 5. The van der Waals surface area contributed by atoms with Crippen molar-refractivity contribution in [3.63, 3.8) is 0 Å². The summed E-state index contributed by atoms with van der Waals surface area (Å²) >= 11 is 0. The van der Waals surface area contributed by atoms with Crippen LogP contribution < -0.4 is 28.7 Å². The van der Waals surface area contributed by atoms with Gasteiger partial charge in [0.25, 0.3) is 11.9 Å². The van der Waals surface area contributed by atoms with E-state index in [0.29, 0.717) is 83.0 Å². The number of rotatable bonds is 11. The van der Waals surface area contributed by atoms with Gasteiger partial charge in [0.2, 0.25) is 0 Å². The Kier molecular flexibility index (Phi) is 10.6. The topological polar surface area (TPSA) is 112 Å². The number of benzene rings is 3. The predicted molar refractivity (Wildman–Crippen MR) is 198 cm³/mol. The fraction of sp³-hybridized carbons (Fsp3) is 0.375. The summed E-state index contributed by atoms with van der Waals surface area (Å²) in [6.07, 6.45) is -1.61. The number of pyridine rings is 1.